The summed E-state index contributed by atoms with van der Waals surface area (Å²) in [6, 6.07) is 0. The van der Waals surface area contributed by atoms with Gasteiger partial charge in [0.15, 0.2) is 0 Å². The number of carboxylic acid groups (broad SMARTS) is 2. The molecule has 10 nitrogen and oxygen atoms in total. The van der Waals surface area contributed by atoms with Crippen molar-refractivity contribution in [2.45, 2.75) is 59.8 Å². The van der Waals surface area contributed by atoms with Crippen LogP contribution in [-0.2, 0) is 38.4 Å². The number of carbonyl (C=O) groups excluding carboxylic acids is 2. The van der Waals surface area contributed by atoms with Crippen LogP contribution in [0.1, 0.15) is 71.7 Å². The van der Waals surface area contributed by atoms with Gasteiger partial charge in [0.25, 0.3) is 11.8 Å². The second kappa shape index (κ2) is 14.1. The average Bonchev–Trinajstić information content (AvgIpc) is 3.59. The van der Waals surface area contributed by atoms with Crippen molar-refractivity contribution in [1.82, 2.24) is 20.6 Å². The first kappa shape index (κ1) is 34.3. The monoisotopic (exact) mass is 794 g/mol. The number of carboxylic acids is 2. The molecule has 0 spiro atoms. The van der Waals surface area contributed by atoms with Crippen molar-refractivity contribution in [2.75, 3.05) is 0 Å². The summed E-state index contributed by atoms with van der Waals surface area (Å²) in [5.74, 6) is -2.28. The van der Waals surface area contributed by atoms with E-state index in [2.05, 4.69) is 33.8 Å². The number of carbonyl (C=O) groups is 4. The third-order valence-electron chi connectivity index (χ3n) is 8.11. The van der Waals surface area contributed by atoms with E-state index in [9.17, 15) is 29.4 Å². The van der Waals surface area contributed by atoms with Gasteiger partial charge in [0, 0.05) is 64.5 Å². The molecule has 2 aromatic heterocycles. The van der Waals surface area contributed by atoms with E-state index in [0.29, 0.717) is 34.5 Å². The fourth-order valence-electron chi connectivity index (χ4n) is 5.61. The Bertz CT molecular complexity index is 1710. The molecule has 2 aromatic rings. The Balaban J connectivity index is 0.00000529. The summed E-state index contributed by atoms with van der Waals surface area (Å²) in [6.45, 7) is 14.9. The molecule has 2 aliphatic rings. The van der Waals surface area contributed by atoms with Crippen LogP contribution in [0.4, 0.5) is 0 Å². The Labute approximate surface area is 275 Å². The first-order valence-corrected chi connectivity index (χ1v) is 13.9. The maximum atomic E-state index is 12.3. The van der Waals surface area contributed by atoms with Gasteiger partial charge in [-0.05, 0) is 80.5 Å². The van der Waals surface area contributed by atoms with Gasteiger partial charge in [0.2, 0.25) is 0 Å². The molecule has 4 heterocycles. The van der Waals surface area contributed by atoms with Gasteiger partial charge in [0.1, 0.15) is 0 Å². The third-order valence-corrected chi connectivity index (χ3v) is 8.11. The van der Waals surface area contributed by atoms with E-state index in [4.69, 9.17) is 0 Å². The molecule has 0 bridgehead atoms. The molecule has 2 amide bonds. The zero-order valence-corrected chi connectivity index (χ0v) is 31.0. The summed E-state index contributed by atoms with van der Waals surface area (Å²) in [6.07, 6.45) is 7.58. The number of hydrogen-bond acceptors (Lipinski definition) is 4. The number of aromatic nitrogens is 2. The van der Waals surface area contributed by atoms with Gasteiger partial charge in [-0.3, -0.25) is 19.2 Å². The molecule has 2 aliphatic heterocycles. The Morgan fingerprint density at radius 1 is 0.705 bits per heavy atom. The van der Waals surface area contributed by atoms with E-state index < -0.39 is 11.9 Å². The Morgan fingerprint density at radius 2 is 1.16 bits per heavy atom. The molecule has 2 radical (unpaired) electrons. The molecule has 0 fully saturated rings. The quantitative estimate of drug-likeness (QED) is 0.180. The van der Waals surface area contributed by atoms with Crippen molar-refractivity contribution in [2.24, 2.45) is 0 Å². The zero-order valence-electron chi connectivity index (χ0n) is 25.5. The van der Waals surface area contributed by atoms with Gasteiger partial charge in [-0.1, -0.05) is 25.3 Å². The van der Waals surface area contributed by atoms with Crippen molar-refractivity contribution in [1.29, 1.82) is 0 Å². The molecule has 0 atom stereocenters. The summed E-state index contributed by atoms with van der Waals surface area (Å²) in [7, 11) is 0. The zero-order chi connectivity index (χ0) is 31.6. The molecule has 0 saturated heterocycles. The van der Waals surface area contributed by atoms with Crippen LogP contribution in [0, 0.1) is 13.8 Å². The number of amides is 2. The fourth-order valence-corrected chi connectivity index (χ4v) is 5.61. The molecule has 11 heteroatoms. The minimum atomic E-state index is -0.922. The van der Waals surface area contributed by atoms with E-state index in [-0.39, 0.29) is 64.8 Å². The normalized spacial score (nSPS) is 16.5. The molecule has 0 unspecified atom stereocenters. The number of aliphatic carboxylic acids is 2. The van der Waals surface area contributed by atoms with Crippen molar-refractivity contribution in [3.8, 4) is 0 Å². The predicted octanol–water partition coefficient (Wildman–Crippen LogP) is 3.62. The molecule has 0 saturated carbocycles. The summed E-state index contributed by atoms with van der Waals surface area (Å²) in [5, 5.41) is 24.6. The first-order chi connectivity index (χ1) is 20.4. The van der Waals surface area contributed by atoms with Gasteiger partial charge in [0.05, 0.1) is 5.70 Å². The SMILES string of the molecule is C=CC1=C(C)/C(=C/c2[nH]c(Cc3[nH]c(/C=C4\NC(=O)C(C)=C4C=C)c(C)c3CCC(=O)O)c(CCC(=O)O)c2C)NC1=O.[PbH2]. The fraction of sp³-hybridized carbons (Fsp3) is 0.273. The summed E-state index contributed by atoms with van der Waals surface area (Å²) in [4.78, 5) is 54.5. The summed E-state index contributed by atoms with van der Waals surface area (Å²) >= 11 is 0. The van der Waals surface area contributed by atoms with Crippen LogP contribution in [0.3, 0.4) is 0 Å². The van der Waals surface area contributed by atoms with Gasteiger partial charge in [-0.25, -0.2) is 0 Å². The molecule has 44 heavy (non-hydrogen) atoms. The number of nitrogens with one attached hydrogen (secondary N) is 4. The van der Waals surface area contributed by atoms with Gasteiger partial charge in [-0.15, -0.1) is 0 Å². The van der Waals surface area contributed by atoms with Crippen LogP contribution < -0.4 is 10.6 Å². The molecular formula is C33H38N4O6Pb. The molecule has 230 valence electrons. The second-order valence-electron chi connectivity index (χ2n) is 10.7. The van der Waals surface area contributed by atoms with Crippen LogP contribution in [-0.4, -0.2) is 71.2 Å². The molecular weight excluding hydrogens is 756 g/mol. The molecule has 0 aliphatic carbocycles. The van der Waals surface area contributed by atoms with Crippen LogP contribution >= 0.6 is 0 Å². The van der Waals surface area contributed by atoms with E-state index in [1.165, 1.54) is 6.08 Å². The topological polar surface area (TPSA) is 164 Å². The van der Waals surface area contributed by atoms with Crippen LogP contribution in [0.25, 0.3) is 12.2 Å². The number of H-pyrrole nitrogens is 2. The van der Waals surface area contributed by atoms with Gasteiger partial charge in [-0.2, -0.15) is 0 Å². The predicted molar refractivity (Wildman–Crippen MR) is 172 cm³/mol. The average molecular weight is 794 g/mol. The molecule has 4 rings (SSSR count). The number of hydrogen-bond donors (Lipinski definition) is 6. The minimum absolute atomic E-state index is 0. The Morgan fingerprint density at radius 3 is 1.59 bits per heavy atom. The maximum absolute atomic E-state index is 12.3. The van der Waals surface area contributed by atoms with Crippen molar-refractivity contribution in [3.63, 3.8) is 0 Å². The van der Waals surface area contributed by atoms with Gasteiger partial charge >= 0.3 is 39.2 Å². The van der Waals surface area contributed by atoms with Crippen molar-refractivity contribution >= 4 is 63.2 Å². The van der Waals surface area contributed by atoms with Crippen LogP contribution in [0.2, 0.25) is 0 Å². The van der Waals surface area contributed by atoms with Crippen LogP contribution in [0.5, 0.6) is 0 Å². The second-order valence-corrected chi connectivity index (χ2v) is 10.7. The molecule has 0 aromatic carbocycles. The van der Waals surface area contributed by atoms with Crippen molar-refractivity contribution in [3.05, 3.63) is 104 Å². The van der Waals surface area contributed by atoms with Crippen molar-refractivity contribution < 1.29 is 29.4 Å². The summed E-state index contributed by atoms with van der Waals surface area (Å²) in [5.41, 5.74) is 10.2. The number of rotatable bonds is 12. The standard InChI is InChI=1S/C33H36N4O6.Pb.2H/c1-7-20-19(6)32(42)37-27(20)14-25-18(5)23(10-12-31(40)41)29(35-25)15-28-22(9-11-30(38)39)17(4)24(34-28)13-26-16(3)21(8-2)33(43)36-26;;;/h7-8,13-14,34-35H,1-2,9-12,15H2,3-6H3,(H,36,43)(H,37,42)(H,38,39)(H,40,41);;;/b26-13-,27-14-;;;. The Hall–Kier alpha value is -4.20. The van der Waals surface area contributed by atoms with Gasteiger partial charge < -0.3 is 30.8 Å². The third kappa shape index (κ3) is 6.95. The van der Waals surface area contributed by atoms with E-state index >= 15 is 0 Å². The Kier molecular flexibility index (Phi) is 11.0. The summed E-state index contributed by atoms with van der Waals surface area (Å²) < 4.78 is 0. The van der Waals surface area contributed by atoms with E-state index in [1.807, 2.05) is 32.9 Å². The molecule has 6 N–H and O–H groups in total. The van der Waals surface area contributed by atoms with E-state index in [0.717, 1.165) is 50.6 Å². The first-order valence-electron chi connectivity index (χ1n) is 13.9. The van der Waals surface area contributed by atoms with E-state index in [1.54, 1.807) is 13.0 Å². The van der Waals surface area contributed by atoms with Crippen LogP contribution in [0.15, 0.2) is 59.0 Å². The number of aromatic amines is 2. The number of allylic oxidation sites excluding steroid dienone is 2.